The van der Waals surface area contributed by atoms with Gasteiger partial charge in [-0.05, 0) is 60.7 Å². The fraction of sp³-hybridized carbons (Fsp3) is 0.0833. The summed E-state index contributed by atoms with van der Waals surface area (Å²) in [4.78, 5) is 29.9. The second-order valence-electron chi connectivity index (χ2n) is 6.78. The van der Waals surface area contributed by atoms with Gasteiger partial charge in [-0.1, -0.05) is 42.0 Å². The summed E-state index contributed by atoms with van der Waals surface area (Å²) in [6.45, 7) is 4.00. The molecule has 3 nitrogen and oxygen atoms in total. The summed E-state index contributed by atoms with van der Waals surface area (Å²) in [6, 6.07) is 17.5. The van der Waals surface area contributed by atoms with E-state index in [1.54, 1.807) is 17.4 Å². The number of benzene rings is 2. The Morgan fingerprint density at radius 3 is 2.54 bits per heavy atom. The Balaban J connectivity index is 1.96. The smallest absolute Gasteiger partial charge is 0.260 e. The van der Waals surface area contributed by atoms with Gasteiger partial charge in [0.25, 0.3) is 5.56 Å². The van der Waals surface area contributed by atoms with Gasteiger partial charge in [-0.3, -0.25) is 9.59 Å². The first-order valence-corrected chi connectivity index (χ1v) is 9.91. The zero-order valence-electron chi connectivity index (χ0n) is 15.7. The van der Waals surface area contributed by atoms with Crippen molar-refractivity contribution in [3.05, 3.63) is 98.0 Å². The van der Waals surface area contributed by atoms with Crippen LogP contribution in [0, 0.1) is 13.8 Å². The first-order chi connectivity index (χ1) is 13.5. The number of fused-ring (bicyclic) bond motifs is 1. The summed E-state index contributed by atoms with van der Waals surface area (Å²) in [5, 5.41) is 2.86. The first-order valence-electron chi connectivity index (χ1n) is 9.03. The van der Waals surface area contributed by atoms with Crippen LogP contribution in [0.4, 0.5) is 0 Å². The van der Waals surface area contributed by atoms with E-state index in [9.17, 15) is 9.59 Å². The van der Waals surface area contributed by atoms with Gasteiger partial charge in [-0.25, -0.2) is 0 Å². The average molecular weight is 385 g/mol. The van der Waals surface area contributed by atoms with E-state index < -0.39 is 0 Å². The molecule has 28 heavy (non-hydrogen) atoms. The fourth-order valence-electron chi connectivity index (χ4n) is 3.34. The molecule has 138 valence electrons. The average Bonchev–Trinajstić information content (AvgIpc) is 3.11. The standard InChI is InChI=1S/C24H19NO2S/c1-15-8-9-19-18(14-15)22(17-6-4-3-5-7-17)23(24(27)25-19)20(26)10-11-21-16(2)12-13-28-21/h3-14H,1-2H3,(H,25,27). The van der Waals surface area contributed by atoms with E-state index in [0.717, 1.165) is 32.5 Å². The molecular formula is C24H19NO2S. The molecule has 2 aromatic heterocycles. The van der Waals surface area contributed by atoms with E-state index >= 15 is 0 Å². The molecule has 0 radical (unpaired) electrons. The summed E-state index contributed by atoms with van der Waals surface area (Å²) in [7, 11) is 0. The second kappa shape index (κ2) is 7.41. The third kappa shape index (κ3) is 3.35. The molecular weight excluding hydrogens is 366 g/mol. The van der Waals surface area contributed by atoms with Crippen LogP contribution in [0.15, 0.2) is 70.8 Å². The summed E-state index contributed by atoms with van der Waals surface area (Å²) >= 11 is 1.57. The molecule has 4 rings (SSSR count). The van der Waals surface area contributed by atoms with Crippen molar-refractivity contribution in [2.75, 3.05) is 0 Å². The fourth-order valence-corrected chi connectivity index (χ4v) is 4.16. The van der Waals surface area contributed by atoms with Gasteiger partial charge in [0.05, 0.1) is 5.56 Å². The Morgan fingerprint density at radius 1 is 1.04 bits per heavy atom. The lowest BCUT2D eigenvalue weighted by Crippen LogP contribution is -2.18. The molecule has 0 aliphatic rings. The number of aromatic nitrogens is 1. The number of carbonyl (C=O) groups is 1. The molecule has 2 aromatic carbocycles. The topological polar surface area (TPSA) is 49.9 Å². The molecule has 4 aromatic rings. The van der Waals surface area contributed by atoms with E-state index in [2.05, 4.69) is 4.98 Å². The maximum atomic E-state index is 13.1. The van der Waals surface area contributed by atoms with E-state index in [-0.39, 0.29) is 16.9 Å². The molecule has 0 fully saturated rings. The van der Waals surface area contributed by atoms with Gasteiger partial charge in [0, 0.05) is 21.3 Å². The summed E-state index contributed by atoms with van der Waals surface area (Å²) < 4.78 is 0. The van der Waals surface area contributed by atoms with Gasteiger partial charge in [0.2, 0.25) is 0 Å². The van der Waals surface area contributed by atoms with Crippen molar-refractivity contribution in [2.45, 2.75) is 13.8 Å². The number of thiophene rings is 1. The second-order valence-corrected chi connectivity index (χ2v) is 7.73. The Hall–Kier alpha value is -3.24. The van der Waals surface area contributed by atoms with Crippen LogP contribution in [-0.4, -0.2) is 10.8 Å². The normalized spacial score (nSPS) is 11.4. The van der Waals surface area contributed by atoms with Crippen LogP contribution in [0.3, 0.4) is 0 Å². The molecule has 0 atom stereocenters. The predicted molar refractivity (Wildman–Crippen MR) is 117 cm³/mol. The molecule has 0 amide bonds. The van der Waals surface area contributed by atoms with Crippen LogP contribution in [-0.2, 0) is 0 Å². The molecule has 0 aliphatic heterocycles. The zero-order chi connectivity index (χ0) is 19.7. The number of pyridine rings is 1. The lowest BCUT2D eigenvalue weighted by molar-refractivity contribution is 0.104. The van der Waals surface area contributed by atoms with Gasteiger partial charge >= 0.3 is 0 Å². The largest absolute Gasteiger partial charge is 0.321 e. The maximum Gasteiger partial charge on any atom is 0.260 e. The minimum atomic E-state index is -0.368. The SMILES string of the molecule is Cc1ccc2[nH]c(=O)c(C(=O)C=Cc3sccc3C)c(-c3ccccc3)c2c1. The lowest BCUT2D eigenvalue weighted by Gasteiger charge is -2.12. The van der Waals surface area contributed by atoms with Gasteiger partial charge in [0.1, 0.15) is 0 Å². The molecule has 0 bridgehead atoms. The van der Waals surface area contributed by atoms with Crippen molar-refractivity contribution in [2.24, 2.45) is 0 Å². The summed E-state index contributed by atoms with van der Waals surface area (Å²) in [6.07, 6.45) is 3.29. The van der Waals surface area contributed by atoms with Gasteiger partial charge in [-0.15, -0.1) is 11.3 Å². The van der Waals surface area contributed by atoms with E-state index in [1.165, 1.54) is 6.08 Å². The maximum absolute atomic E-state index is 13.1. The molecule has 4 heteroatoms. The molecule has 0 unspecified atom stereocenters. The van der Waals surface area contributed by atoms with Crippen molar-refractivity contribution in [1.29, 1.82) is 0 Å². The van der Waals surface area contributed by atoms with Crippen molar-refractivity contribution >= 4 is 34.1 Å². The van der Waals surface area contributed by atoms with Gasteiger partial charge in [-0.2, -0.15) is 0 Å². The lowest BCUT2D eigenvalue weighted by atomic mass is 9.93. The van der Waals surface area contributed by atoms with Crippen molar-refractivity contribution in [1.82, 2.24) is 4.98 Å². The minimum absolute atomic E-state index is 0.176. The molecule has 1 N–H and O–H groups in total. The number of H-pyrrole nitrogens is 1. The quantitative estimate of drug-likeness (QED) is 0.358. The van der Waals surface area contributed by atoms with Crippen LogP contribution in [0.1, 0.15) is 26.4 Å². The number of allylic oxidation sites excluding steroid dienone is 1. The number of hydrogen-bond donors (Lipinski definition) is 1. The Kier molecular flexibility index (Phi) is 4.80. The molecule has 0 saturated carbocycles. The molecule has 0 aliphatic carbocycles. The highest BCUT2D eigenvalue weighted by atomic mass is 32.1. The van der Waals surface area contributed by atoms with Crippen LogP contribution >= 0.6 is 11.3 Å². The molecule has 0 saturated heterocycles. The Morgan fingerprint density at radius 2 is 1.82 bits per heavy atom. The summed E-state index contributed by atoms with van der Waals surface area (Å²) in [5.74, 6) is -0.295. The van der Waals surface area contributed by atoms with Crippen molar-refractivity contribution in [3.63, 3.8) is 0 Å². The number of aryl methyl sites for hydroxylation is 2. The third-order valence-corrected chi connectivity index (χ3v) is 5.75. The van der Waals surface area contributed by atoms with Crippen LogP contribution < -0.4 is 5.56 Å². The van der Waals surface area contributed by atoms with E-state index in [4.69, 9.17) is 0 Å². The Labute approximate surface area is 167 Å². The van der Waals surface area contributed by atoms with Gasteiger partial charge in [0.15, 0.2) is 5.78 Å². The van der Waals surface area contributed by atoms with Crippen molar-refractivity contribution in [3.8, 4) is 11.1 Å². The summed E-state index contributed by atoms with van der Waals surface area (Å²) in [5.41, 5.74) is 4.25. The van der Waals surface area contributed by atoms with Crippen molar-refractivity contribution < 1.29 is 4.79 Å². The number of hydrogen-bond acceptors (Lipinski definition) is 3. The molecule has 0 spiro atoms. The number of ketones is 1. The number of carbonyl (C=O) groups excluding carboxylic acids is 1. The highest BCUT2D eigenvalue weighted by molar-refractivity contribution is 7.11. The van der Waals surface area contributed by atoms with Crippen LogP contribution in [0.2, 0.25) is 0 Å². The number of nitrogens with one attached hydrogen (secondary N) is 1. The predicted octanol–water partition coefficient (Wildman–Crippen LogP) is 5.77. The van der Waals surface area contributed by atoms with Crippen LogP contribution in [0.25, 0.3) is 28.1 Å². The zero-order valence-corrected chi connectivity index (χ0v) is 16.5. The first kappa shape index (κ1) is 18.1. The highest BCUT2D eigenvalue weighted by Crippen LogP contribution is 2.30. The number of aromatic amines is 1. The molecule has 2 heterocycles. The van der Waals surface area contributed by atoms with Crippen LogP contribution in [0.5, 0.6) is 0 Å². The van der Waals surface area contributed by atoms with Gasteiger partial charge < -0.3 is 4.98 Å². The number of rotatable bonds is 4. The van der Waals surface area contributed by atoms with E-state index in [1.807, 2.05) is 73.8 Å². The highest BCUT2D eigenvalue weighted by Gasteiger charge is 2.19. The monoisotopic (exact) mass is 385 g/mol. The minimum Gasteiger partial charge on any atom is -0.321 e. The Bertz CT molecular complexity index is 1260. The van der Waals surface area contributed by atoms with E-state index in [0.29, 0.717) is 5.56 Å². The third-order valence-electron chi connectivity index (χ3n) is 4.77.